The highest BCUT2D eigenvalue weighted by Gasteiger charge is 2.29. The molecule has 1 amide bonds. The van der Waals surface area contributed by atoms with E-state index in [2.05, 4.69) is 16.8 Å². The van der Waals surface area contributed by atoms with E-state index in [-0.39, 0.29) is 22.0 Å². The first-order valence-electron chi connectivity index (χ1n) is 8.85. The van der Waals surface area contributed by atoms with Crippen LogP contribution in [0.5, 0.6) is 5.75 Å². The van der Waals surface area contributed by atoms with Gasteiger partial charge in [-0.05, 0) is 31.2 Å². The molecule has 1 aliphatic heterocycles. The Morgan fingerprint density at radius 3 is 2.59 bits per heavy atom. The summed E-state index contributed by atoms with van der Waals surface area (Å²) in [4.78, 5) is 14.6. The SMILES string of the molecule is C=C(/C=C\C(=C/C)NC(=O)c1cc(Cl)cc(CN2CCOCC2)c1O)C(F)(F)F. The van der Waals surface area contributed by atoms with E-state index in [4.69, 9.17) is 16.3 Å². The van der Waals surface area contributed by atoms with Crippen LogP contribution in [0.2, 0.25) is 5.02 Å². The number of nitrogens with one attached hydrogen (secondary N) is 1. The molecule has 1 aromatic rings. The van der Waals surface area contributed by atoms with Crippen molar-refractivity contribution in [1.82, 2.24) is 10.2 Å². The molecule has 158 valence electrons. The standard InChI is InChI=1S/C20H22ClF3N2O3/c1-3-16(5-4-13(2)20(22,23)24)25-19(28)17-11-15(21)10-14(18(17)27)12-26-6-8-29-9-7-26/h3-5,10-11,27H,2,6-9,12H2,1H3,(H,25,28)/b5-4-,16-3+. The summed E-state index contributed by atoms with van der Waals surface area (Å²) < 4.78 is 42.9. The molecule has 1 saturated heterocycles. The van der Waals surface area contributed by atoms with Gasteiger partial charge in [0.1, 0.15) is 5.75 Å². The van der Waals surface area contributed by atoms with Gasteiger partial charge in [0.25, 0.3) is 5.91 Å². The highest BCUT2D eigenvalue weighted by Crippen LogP contribution is 2.29. The largest absolute Gasteiger partial charge is 0.507 e. The van der Waals surface area contributed by atoms with Crippen LogP contribution < -0.4 is 5.32 Å². The highest BCUT2D eigenvalue weighted by atomic mass is 35.5. The number of phenols is 1. The van der Waals surface area contributed by atoms with E-state index >= 15 is 0 Å². The van der Waals surface area contributed by atoms with E-state index in [1.165, 1.54) is 12.1 Å². The number of alkyl halides is 3. The minimum Gasteiger partial charge on any atom is -0.507 e. The van der Waals surface area contributed by atoms with Crippen LogP contribution in [0.4, 0.5) is 13.2 Å². The van der Waals surface area contributed by atoms with Crippen molar-refractivity contribution in [2.45, 2.75) is 19.6 Å². The van der Waals surface area contributed by atoms with Gasteiger partial charge in [0.2, 0.25) is 0 Å². The summed E-state index contributed by atoms with van der Waals surface area (Å²) in [5.41, 5.74) is -0.519. The topological polar surface area (TPSA) is 61.8 Å². The second-order valence-corrected chi connectivity index (χ2v) is 6.84. The van der Waals surface area contributed by atoms with Gasteiger partial charge < -0.3 is 15.2 Å². The molecule has 2 N–H and O–H groups in total. The summed E-state index contributed by atoms with van der Waals surface area (Å²) >= 11 is 6.11. The molecule has 1 heterocycles. The Morgan fingerprint density at radius 1 is 1.34 bits per heavy atom. The number of benzene rings is 1. The Morgan fingerprint density at radius 2 is 2.00 bits per heavy atom. The van der Waals surface area contributed by atoms with Crippen molar-refractivity contribution in [2.24, 2.45) is 0 Å². The number of allylic oxidation sites excluding steroid dienone is 4. The number of nitrogens with zero attached hydrogens (tertiary/aromatic N) is 1. The van der Waals surface area contributed by atoms with Crippen LogP contribution in [0.3, 0.4) is 0 Å². The first-order chi connectivity index (χ1) is 13.6. The van der Waals surface area contributed by atoms with Gasteiger partial charge in [0.15, 0.2) is 0 Å². The van der Waals surface area contributed by atoms with Crippen LogP contribution in [-0.4, -0.2) is 48.4 Å². The molecule has 0 bridgehead atoms. The molecule has 1 fully saturated rings. The zero-order valence-electron chi connectivity index (χ0n) is 15.9. The van der Waals surface area contributed by atoms with Crippen LogP contribution in [0, 0.1) is 0 Å². The van der Waals surface area contributed by atoms with Crippen molar-refractivity contribution in [1.29, 1.82) is 0 Å². The zero-order chi connectivity index (χ0) is 21.6. The maximum Gasteiger partial charge on any atom is 0.415 e. The van der Waals surface area contributed by atoms with Crippen molar-refractivity contribution < 1.29 is 27.8 Å². The number of halogens is 4. The second kappa shape index (κ2) is 9.96. The molecule has 0 aromatic heterocycles. The van der Waals surface area contributed by atoms with Crippen LogP contribution >= 0.6 is 11.6 Å². The second-order valence-electron chi connectivity index (χ2n) is 6.40. The smallest absolute Gasteiger partial charge is 0.415 e. The van der Waals surface area contributed by atoms with E-state index in [1.54, 1.807) is 13.0 Å². The molecule has 1 aliphatic rings. The first-order valence-corrected chi connectivity index (χ1v) is 9.23. The summed E-state index contributed by atoms with van der Waals surface area (Å²) in [5.74, 6) is -0.916. The van der Waals surface area contributed by atoms with Gasteiger partial charge >= 0.3 is 6.18 Å². The number of morpholine rings is 1. The number of hydrogen-bond acceptors (Lipinski definition) is 4. The Balaban J connectivity index is 2.17. The molecule has 0 unspecified atom stereocenters. The van der Waals surface area contributed by atoms with Gasteiger partial charge in [0, 0.05) is 41.5 Å². The van der Waals surface area contributed by atoms with Crippen LogP contribution in [0.1, 0.15) is 22.8 Å². The maximum atomic E-state index is 12.6. The summed E-state index contributed by atoms with van der Waals surface area (Å²) in [6, 6.07) is 2.88. The zero-order valence-corrected chi connectivity index (χ0v) is 16.6. The normalized spacial score (nSPS) is 16.2. The third-order valence-electron chi connectivity index (χ3n) is 4.29. The van der Waals surface area contributed by atoms with Gasteiger partial charge in [-0.2, -0.15) is 13.2 Å². The van der Waals surface area contributed by atoms with E-state index in [0.29, 0.717) is 38.4 Å². The predicted octanol–water partition coefficient (Wildman–Crippen LogP) is 4.19. The number of carbonyl (C=O) groups excluding carboxylic acids is 1. The fourth-order valence-electron chi connectivity index (χ4n) is 2.64. The van der Waals surface area contributed by atoms with Gasteiger partial charge in [-0.1, -0.05) is 24.3 Å². The Bertz CT molecular complexity index is 829. The van der Waals surface area contributed by atoms with Crippen LogP contribution in [0.25, 0.3) is 0 Å². The Kier molecular flexibility index (Phi) is 7.89. The number of aromatic hydroxyl groups is 1. The first kappa shape index (κ1) is 23.0. The number of phenolic OH excluding ortho intramolecular Hbond substituents is 1. The molecule has 0 saturated carbocycles. The number of rotatable bonds is 6. The lowest BCUT2D eigenvalue weighted by Gasteiger charge is -2.27. The number of ether oxygens (including phenoxy) is 1. The van der Waals surface area contributed by atoms with E-state index in [9.17, 15) is 23.1 Å². The molecular weight excluding hydrogens is 409 g/mol. The Hall–Kier alpha value is -2.29. The van der Waals surface area contributed by atoms with Gasteiger partial charge in [-0.25, -0.2) is 0 Å². The van der Waals surface area contributed by atoms with E-state index in [0.717, 1.165) is 12.2 Å². The van der Waals surface area contributed by atoms with Crippen molar-refractivity contribution in [3.05, 3.63) is 64.4 Å². The molecule has 1 aromatic carbocycles. The van der Waals surface area contributed by atoms with Crippen molar-refractivity contribution in [3.63, 3.8) is 0 Å². The average Bonchev–Trinajstić information content (AvgIpc) is 2.67. The van der Waals surface area contributed by atoms with Crippen molar-refractivity contribution in [2.75, 3.05) is 26.3 Å². The summed E-state index contributed by atoms with van der Waals surface area (Å²) in [6.45, 7) is 7.41. The quantitative estimate of drug-likeness (QED) is 0.664. The maximum absolute atomic E-state index is 12.6. The Labute approximate surface area is 172 Å². The minimum atomic E-state index is -4.56. The third kappa shape index (κ3) is 6.62. The molecule has 0 aliphatic carbocycles. The number of hydrogen-bond donors (Lipinski definition) is 2. The molecule has 9 heteroatoms. The highest BCUT2D eigenvalue weighted by molar-refractivity contribution is 6.31. The number of amides is 1. The van der Waals surface area contributed by atoms with Crippen LogP contribution in [-0.2, 0) is 11.3 Å². The molecule has 0 spiro atoms. The van der Waals surface area contributed by atoms with Gasteiger partial charge in [-0.15, -0.1) is 0 Å². The lowest BCUT2D eigenvalue weighted by Crippen LogP contribution is -2.35. The fraction of sp³-hybridized carbons (Fsp3) is 0.350. The van der Waals surface area contributed by atoms with Crippen LogP contribution in [0.15, 0.2) is 48.2 Å². The minimum absolute atomic E-state index is 0.0665. The molecule has 5 nitrogen and oxygen atoms in total. The van der Waals surface area contributed by atoms with Crippen molar-refractivity contribution >= 4 is 17.5 Å². The van der Waals surface area contributed by atoms with E-state index < -0.39 is 17.7 Å². The average molecular weight is 431 g/mol. The van der Waals surface area contributed by atoms with E-state index in [1.807, 2.05) is 0 Å². The van der Waals surface area contributed by atoms with Gasteiger partial charge in [-0.3, -0.25) is 9.69 Å². The fourth-order valence-corrected chi connectivity index (χ4v) is 2.88. The third-order valence-corrected chi connectivity index (χ3v) is 4.51. The molecule has 29 heavy (non-hydrogen) atoms. The number of carbonyl (C=O) groups is 1. The molecule has 2 rings (SSSR count). The molecule has 0 atom stereocenters. The predicted molar refractivity (Wildman–Crippen MR) is 105 cm³/mol. The summed E-state index contributed by atoms with van der Waals surface area (Å²) in [7, 11) is 0. The lowest BCUT2D eigenvalue weighted by molar-refractivity contribution is -0.0878. The summed E-state index contributed by atoms with van der Waals surface area (Å²) in [6.07, 6.45) is -1.28. The monoisotopic (exact) mass is 430 g/mol. The molecular formula is C20H22ClF3N2O3. The lowest BCUT2D eigenvalue weighted by atomic mass is 10.1. The molecule has 0 radical (unpaired) electrons. The van der Waals surface area contributed by atoms with Crippen molar-refractivity contribution in [3.8, 4) is 5.75 Å². The summed E-state index contributed by atoms with van der Waals surface area (Å²) in [5, 5.41) is 13.3. The van der Waals surface area contributed by atoms with Gasteiger partial charge in [0.05, 0.1) is 18.8 Å².